The van der Waals surface area contributed by atoms with Gasteiger partial charge in [-0.25, -0.2) is 22.9 Å². The van der Waals surface area contributed by atoms with Crippen LogP contribution in [-0.2, 0) is 23.0 Å². The molecule has 1 aliphatic rings. The van der Waals surface area contributed by atoms with Crippen molar-refractivity contribution in [3.63, 3.8) is 0 Å². The second-order valence-corrected chi connectivity index (χ2v) is 14.3. The molecule has 0 saturated heterocycles. The van der Waals surface area contributed by atoms with Crippen LogP contribution in [0.5, 0.6) is 5.75 Å². The molecule has 1 aromatic heterocycles. The monoisotopic (exact) mass is 678 g/mol. The predicted octanol–water partition coefficient (Wildman–Crippen LogP) is 7.88. The first-order valence-electron chi connectivity index (χ1n) is 17.1. The van der Waals surface area contributed by atoms with Gasteiger partial charge in [-0.05, 0) is 72.7 Å². The van der Waals surface area contributed by atoms with Crippen LogP contribution in [0.25, 0.3) is 22.2 Å². The molecule has 5 aromatic rings. The lowest BCUT2D eigenvalue weighted by atomic mass is 9.89. The van der Waals surface area contributed by atoms with Crippen molar-refractivity contribution >= 4 is 33.1 Å². The Labute approximate surface area is 287 Å². The first-order valence-corrected chi connectivity index (χ1v) is 18.5. The zero-order chi connectivity index (χ0) is 34.2. The van der Waals surface area contributed by atoms with E-state index in [1.165, 1.54) is 44.2 Å². The molecule has 6 rings (SSSR count). The van der Waals surface area contributed by atoms with Gasteiger partial charge in [-0.2, -0.15) is 0 Å². The molecule has 49 heavy (non-hydrogen) atoms. The Morgan fingerprint density at radius 3 is 2.39 bits per heavy atom. The van der Waals surface area contributed by atoms with Crippen LogP contribution in [-0.4, -0.2) is 36.5 Å². The number of hydrogen-bond donors (Lipinski definition) is 2. The van der Waals surface area contributed by atoms with Crippen LogP contribution in [0.1, 0.15) is 73.6 Å². The van der Waals surface area contributed by atoms with Gasteiger partial charge in [-0.3, -0.25) is 4.79 Å². The van der Waals surface area contributed by atoms with E-state index >= 15 is 0 Å². The Kier molecular flexibility index (Phi) is 10.7. The molecule has 2 amide bonds. The maximum Gasteiger partial charge on any atom is 0.426 e. The molecule has 9 nitrogen and oxygen atoms in total. The topological polar surface area (TPSA) is 119 Å². The number of sulfonamides is 1. The van der Waals surface area contributed by atoms with Crippen molar-refractivity contribution in [3.8, 4) is 16.9 Å². The SMILES string of the molecule is CCCCc1nc2ccc(C(=O)NCC3CCCCC3)cc2n1Cc1ccc(-c2ccccc2OC(=O)NS(=O)(=O)c2ccccc2)cc1. The van der Waals surface area contributed by atoms with Gasteiger partial charge in [0.2, 0.25) is 0 Å². The minimum atomic E-state index is -4.08. The number of para-hydroxylation sites is 1. The molecule has 1 saturated carbocycles. The Hall–Kier alpha value is -4.96. The maximum atomic E-state index is 13.2. The van der Waals surface area contributed by atoms with Gasteiger partial charge in [0.05, 0.1) is 15.9 Å². The second-order valence-electron chi connectivity index (χ2n) is 12.6. The van der Waals surface area contributed by atoms with Crippen molar-refractivity contribution in [2.45, 2.75) is 69.7 Å². The Bertz CT molecular complexity index is 2020. The summed E-state index contributed by atoms with van der Waals surface area (Å²) in [6.07, 6.45) is 7.92. The van der Waals surface area contributed by atoms with E-state index in [4.69, 9.17) is 9.72 Å². The summed E-state index contributed by atoms with van der Waals surface area (Å²) in [6.45, 7) is 3.45. The van der Waals surface area contributed by atoms with E-state index in [2.05, 4.69) is 16.8 Å². The summed E-state index contributed by atoms with van der Waals surface area (Å²) in [4.78, 5) is 30.7. The van der Waals surface area contributed by atoms with Crippen LogP contribution in [0.2, 0.25) is 0 Å². The highest BCUT2D eigenvalue weighted by Crippen LogP contribution is 2.31. The number of hydrogen-bond acceptors (Lipinski definition) is 6. The third-order valence-corrected chi connectivity index (χ3v) is 10.4. The maximum absolute atomic E-state index is 13.2. The van der Waals surface area contributed by atoms with Gasteiger partial charge >= 0.3 is 6.09 Å². The number of amides is 2. The van der Waals surface area contributed by atoms with E-state index in [0.717, 1.165) is 53.8 Å². The molecule has 2 N–H and O–H groups in total. The number of unbranched alkanes of at least 4 members (excludes halogenated alkanes) is 1. The molecular formula is C39H42N4O5S. The van der Waals surface area contributed by atoms with Gasteiger partial charge in [-0.1, -0.05) is 93.3 Å². The van der Waals surface area contributed by atoms with Crippen LogP contribution in [0.15, 0.2) is 102 Å². The number of ether oxygens (including phenoxy) is 1. The lowest BCUT2D eigenvalue weighted by Crippen LogP contribution is -2.33. The number of nitrogens with zero attached hydrogens (tertiary/aromatic N) is 2. The molecule has 0 radical (unpaired) electrons. The minimum absolute atomic E-state index is 0.0338. The Morgan fingerprint density at radius 2 is 1.63 bits per heavy atom. The van der Waals surface area contributed by atoms with E-state index in [9.17, 15) is 18.0 Å². The fraction of sp³-hybridized carbons (Fsp3) is 0.308. The number of carbonyl (C=O) groups is 2. The predicted molar refractivity (Wildman–Crippen MR) is 191 cm³/mol. The molecule has 10 heteroatoms. The summed E-state index contributed by atoms with van der Waals surface area (Å²) in [5, 5.41) is 3.17. The van der Waals surface area contributed by atoms with Crippen molar-refractivity contribution in [2.75, 3.05) is 6.54 Å². The van der Waals surface area contributed by atoms with E-state index in [0.29, 0.717) is 23.6 Å². The van der Waals surface area contributed by atoms with Crippen molar-refractivity contribution in [2.24, 2.45) is 5.92 Å². The fourth-order valence-corrected chi connectivity index (χ4v) is 7.30. The van der Waals surface area contributed by atoms with Gasteiger partial charge in [0.1, 0.15) is 11.6 Å². The van der Waals surface area contributed by atoms with E-state index < -0.39 is 16.1 Å². The summed E-state index contributed by atoms with van der Waals surface area (Å²) in [5.41, 5.74) is 4.91. The second kappa shape index (κ2) is 15.5. The lowest BCUT2D eigenvalue weighted by Gasteiger charge is -2.21. The number of fused-ring (bicyclic) bond motifs is 1. The molecule has 254 valence electrons. The number of nitrogens with one attached hydrogen (secondary N) is 2. The zero-order valence-electron chi connectivity index (χ0n) is 27.7. The molecule has 0 bridgehead atoms. The van der Waals surface area contributed by atoms with Gasteiger partial charge in [0.25, 0.3) is 15.9 Å². The van der Waals surface area contributed by atoms with Gasteiger partial charge < -0.3 is 14.6 Å². The summed E-state index contributed by atoms with van der Waals surface area (Å²) in [7, 11) is -4.08. The Morgan fingerprint density at radius 1 is 0.898 bits per heavy atom. The third-order valence-electron chi connectivity index (χ3n) is 9.09. The molecular weight excluding hydrogens is 637 g/mol. The zero-order valence-corrected chi connectivity index (χ0v) is 28.5. The molecule has 0 aliphatic heterocycles. The molecule has 0 atom stereocenters. The number of aryl methyl sites for hydroxylation is 1. The van der Waals surface area contributed by atoms with Crippen molar-refractivity contribution in [3.05, 3.63) is 114 Å². The largest absolute Gasteiger partial charge is 0.426 e. The van der Waals surface area contributed by atoms with E-state index in [-0.39, 0.29) is 16.6 Å². The number of benzene rings is 4. The summed E-state index contributed by atoms with van der Waals surface area (Å²) >= 11 is 0. The molecule has 1 aliphatic carbocycles. The van der Waals surface area contributed by atoms with Crippen LogP contribution < -0.4 is 14.8 Å². The average Bonchev–Trinajstić information content (AvgIpc) is 3.46. The first kappa shape index (κ1) is 33.9. The molecule has 1 fully saturated rings. The standard InChI is InChI=1S/C39H42N4O5S/c1-2-3-18-37-41-34-24-23-31(38(44)40-26-28-12-6-4-7-13-28)25-35(34)43(37)27-29-19-21-30(22-20-29)33-16-10-11-17-36(33)48-39(45)42-49(46,47)32-14-8-5-9-15-32/h5,8-11,14-17,19-25,28H,2-4,6-7,12-13,18,26-27H2,1H3,(H,40,44)(H,42,45). The normalized spacial score (nSPS) is 13.7. The van der Waals surface area contributed by atoms with Gasteiger partial charge in [0.15, 0.2) is 0 Å². The van der Waals surface area contributed by atoms with Crippen LogP contribution >= 0.6 is 0 Å². The van der Waals surface area contributed by atoms with E-state index in [1.54, 1.807) is 30.3 Å². The quantitative estimate of drug-likeness (QED) is 0.139. The third kappa shape index (κ3) is 8.37. The smallest absolute Gasteiger partial charge is 0.409 e. The average molecular weight is 679 g/mol. The summed E-state index contributed by atoms with van der Waals surface area (Å²) < 4.78 is 34.9. The first-order chi connectivity index (χ1) is 23.8. The van der Waals surface area contributed by atoms with Crippen molar-refractivity contribution in [1.29, 1.82) is 0 Å². The van der Waals surface area contributed by atoms with Crippen LogP contribution in [0, 0.1) is 5.92 Å². The minimum Gasteiger partial charge on any atom is -0.409 e. The van der Waals surface area contributed by atoms with Crippen molar-refractivity contribution < 1.29 is 22.7 Å². The van der Waals surface area contributed by atoms with Crippen molar-refractivity contribution in [1.82, 2.24) is 19.6 Å². The van der Waals surface area contributed by atoms with Gasteiger partial charge in [-0.15, -0.1) is 0 Å². The highest BCUT2D eigenvalue weighted by molar-refractivity contribution is 7.90. The molecule has 1 heterocycles. The molecule has 0 unspecified atom stereocenters. The summed E-state index contributed by atoms with van der Waals surface area (Å²) in [6, 6.07) is 28.3. The number of rotatable bonds is 12. The van der Waals surface area contributed by atoms with Gasteiger partial charge in [0, 0.05) is 30.6 Å². The molecule has 4 aromatic carbocycles. The fourth-order valence-electron chi connectivity index (χ4n) is 6.40. The number of imidazole rings is 1. The highest BCUT2D eigenvalue weighted by Gasteiger charge is 2.21. The summed E-state index contributed by atoms with van der Waals surface area (Å²) in [5.74, 6) is 1.72. The highest BCUT2D eigenvalue weighted by atomic mass is 32.2. The Balaban J connectivity index is 1.19. The van der Waals surface area contributed by atoms with Crippen LogP contribution in [0.3, 0.4) is 0 Å². The number of carbonyl (C=O) groups excluding carboxylic acids is 2. The van der Waals surface area contributed by atoms with Crippen LogP contribution in [0.4, 0.5) is 4.79 Å². The number of aromatic nitrogens is 2. The molecule has 0 spiro atoms. The lowest BCUT2D eigenvalue weighted by molar-refractivity contribution is 0.0943. The van der Waals surface area contributed by atoms with E-state index in [1.807, 2.05) is 59.3 Å².